The number of amides is 1. The average Bonchev–Trinajstić information content (AvgIpc) is 2.41. The molecule has 0 bridgehead atoms. The Morgan fingerprint density at radius 2 is 2.25 bits per heavy atom. The van der Waals surface area contributed by atoms with Crippen LogP contribution in [0.5, 0.6) is 5.75 Å². The van der Waals surface area contributed by atoms with Crippen LogP contribution in [0.25, 0.3) is 0 Å². The van der Waals surface area contributed by atoms with Crippen LogP contribution in [-0.2, 0) is 11.3 Å². The number of hydrogen-bond donors (Lipinski definition) is 1. The Kier molecular flexibility index (Phi) is 4.74. The molecule has 1 amide bonds. The lowest BCUT2D eigenvalue weighted by molar-refractivity contribution is -0.124. The van der Waals surface area contributed by atoms with Gasteiger partial charge in [0.05, 0.1) is 13.2 Å². The first-order valence-corrected chi connectivity index (χ1v) is 6.86. The molecule has 5 heteroatoms. The fourth-order valence-corrected chi connectivity index (χ4v) is 2.29. The topological polar surface area (TPSA) is 58.6 Å². The highest BCUT2D eigenvalue weighted by molar-refractivity contribution is 5.94. The largest absolute Gasteiger partial charge is 0.494 e. The van der Waals surface area contributed by atoms with E-state index in [-0.39, 0.29) is 11.7 Å². The highest BCUT2D eigenvalue weighted by Gasteiger charge is 2.18. The Balaban J connectivity index is 2.20. The highest BCUT2D eigenvalue weighted by Crippen LogP contribution is 2.22. The minimum Gasteiger partial charge on any atom is -0.494 e. The first kappa shape index (κ1) is 14.5. The van der Waals surface area contributed by atoms with Gasteiger partial charge in [-0.3, -0.25) is 14.5 Å². The summed E-state index contributed by atoms with van der Waals surface area (Å²) < 4.78 is 5.60. The number of nitrogens with zero attached hydrogens (tertiary/aromatic N) is 1. The Bertz CT molecular complexity index is 514. The molecule has 0 radical (unpaired) electrons. The van der Waals surface area contributed by atoms with Crippen molar-refractivity contribution in [2.75, 3.05) is 26.2 Å². The van der Waals surface area contributed by atoms with Gasteiger partial charge < -0.3 is 10.1 Å². The van der Waals surface area contributed by atoms with Crippen molar-refractivity contribution in [1.29, 1.82) is 0 Å². The minimum atomic E-state index is 0.0330. The second-order valence-electron chi connectivity index (χ2n) is 4.87. The van der Waals surface area contributed by atoms with Gasteiger partial charge >= 0.3 is 0 Å². The molecule has 0 saturated carbocycles. The molecule has 1 aliphatic rings. The van der Waals surface area contributed by atoms with Gasteiger partial charge in [0.1, 0.15) is 5.75 Å². The van der Waals surface area contributed by atoms with Crippen molar-refractivity contribution in [3.8, 4) is 5.75 Å². The maximum Gasteiger partial charge on any atom is 0.234 e. The van der Waals surface area contributed by atoms with Gasteiger partial charge in [0.2, 0.25) is 5.91 Å². The van der Waals surface area contributed by atoms with Gasteiger partial charge in [0.25, 0.3) is 0 Å². The summed E-state index contributed by atoms with van der Waals surface area (Å²) >= 11 is 0. The second-order valence-corrected chi connectivity index (χ2v) is 4.87. The Morgan fingerprint density at radius 1 is 1.45 bits per heavy atom. The average molecular weight is 276 g/mol. The zero-order chi connectivity index (χ0) is 14.5. The van der Waals surface area contributed by atoms with E-state index >= 15 is 0 Å². The molecule has 0 atom stereocenters. The van der Waals surface area contributed by atoms with Crippen molar-refractivity contribution in [2.45, 2.75) is 20.4 Å². The third kappa shape index (κ3) is 3.57. The van der Waals surface area contributed by atoms with E-state index in [2.05, 4.69) is 10.2 Å². The molecule has 5 nitrogen and oxygen atoms in total. The molecule has 1 N–H and O–H groups in total. The zero-order valence-corrected chi connectivity index (χ0v) is 11.9. The Labute approximate surface area is 118 Å². The number of benzene rings is 1. The van der Waals surface area contributed by atoms with E-state index in [1.807, 2.05) is 19.1 Å². The molecular formula is C15H20N2O3. The molecule has 20 heavy (non-hydrogen) atoms. The van der Waals surface area contributed by atoms with Gasteiger partial charge in [-0.2, -0.15) is 0 Å². The standard InChI is InChI=1S/C15H20N2O3/c1-3-20-14-5-4-12(11(2)18)8-13(14)9-17-7-6-16-15(19)10-17/h4-5,8H,3,6-7,9-10H2,1-2H3,(H,16,19). The summed E-state index contributed by atoms with van der Waals surface area (Å²) in [5.41, 5.74) is 1.62. The van der Waals surface area contributed by atoms with Crippen molar-refractivity contribution in [3.63, 3.8) is 0 Å². The van der Waals surface area contributed by atoms with Gasteiger partial charge in [0, 0.05) is 30.8 Å². The van der Waals surface area contributed by atoms with E-state index in [1.54, 1.807) is 13.0 Å². The number of piperazine rings is 1. The van der Waals surface area contributed by atoms with Crippen LogP contribution in [0.2, 0.25) is 0 Å². The van der Waals surface area contributed by atoms with Gasteiger partial charge in [-0.05, 0) is 32.0 Å². The van der Waals surface area contributed by atoms with Crippen LogP contribution in [0.4, 0.5) is 0 Å². The lowest BCUT2D eigenvalue weighted by Gasteiger charge is -2.27. The smallest absolute Gasteiger partial charge is 0.234 e. The molecule has 1 aromatic carbocycles. The summed E-state index contributed by atoms with van der Waals surface area (Å²) in [7, 11) is 0. The highest BCUT2D eigenvalue weighted by atomic mass is 16.5. The molecule has 1 saturated heterocycles. The van der Waals surface area contributed by atoms with Gasteiger partial charge in [-0.15, -0.1) is 0 Å². The molecule has 1 aliphatic heterocycles. The SMILES string of the molecule is CCOc1ccc(C(C)=O)cc1CN1CCNC(=O)C1. The number of carbonyl (C=O) groups is 2. The van der Waals surface area contributed by atoms with Crippen LogP contribution >= 0.6 is 0 Å². The molecule has 108 valence electrons. The Morgan fingerprint density at radius 3 is 2.90 bits per heavy atom. The maximum atomic E-state index is 11.5. The van der Waals surface area contributed by atoms with E-state index in [9.17, 15) is 9.59 Å². The summed E-state index contributed by atoms with van der Waals surface area (Å²) in [6, 6.07) is 5.47. The van der Waals surface area contributed by atoms with E-state index in [0.717, 1.165) is 17.9 Å². The van der Waals surface area contributed by atoms with Crippen molar-refractivity contribution in [3.05, 3.63) is 29.3 Å². The molecule has 0 aromatic heterocycles. The van der Waals surface area contributed by atoms with Crippen LogP contribution in [0.15, 0.2) is 18.2 Å². The Hall–Kier alpha value is -1.88. The van der Waals surface area contributed by atoms with Crippen LogP contribution < -0.4 is 10.1 Å². The van der Waals surface area contributed by atoms with Crippen LogP contribution in [0.3, 0.4) is 0 Å². The molecule has 1 fully saturated rings. The van der Waals surface area contributed by atoms with E-state index in [4.69, 9.17) is 4.74 Å². The fourth-order valence-electron chi connectivity index (χ4n) is 2.29. The second kappa shape index (κ2) is 6.52. The third-order valence-corrected chi connectivity index (χ3v) is 3.28. The molecule has 1 heterocycles. The normalized spacial score (nSPS) is 15.8. The van der Waals surface area contributed by atoms with Crippen molar-refractivity contribution >= 4 is 11.7 Å². The summed E-state index contributed by atoms with van der Waals surface area (Å²) in [6.45, 7) is 6.52. The van der Waals surface area contributed by atoms with Gasteiger partial charge in [-0.1, -0.05) is 0 Å². The zero-order valence-electron chi connectivity index (χ0n) is 11.9. The number of nitrogens with one attached hydrogen (secondary N) is 1. The van der Waals surface area contributed by atoms with Crippen LogP contribution in [0.1, 0.15) is 29.8 Å². The summed E-state index contributed by atoms with van der Waals surface area (Å²) in [5.74, 6) is 0.853. The van der Waals surface area contributed by atoms with Crippen molar-refractivity contribution in [1.82, 2.24) is 10.2 Å². The third-order valence-electron chi connectivity index (χ3n) is 3.28. The summed E-state index contributed by atoms with van der Waals surface area (Å²) in [4.78, 5) is 25.0. The molecule has 0 unspecified atom stereocenters. The fraction of sp³-hybridized carbons (Fsp3) is 0.467. The molecule has 0 aliphatic carbocycles. The number of Topliss-reactive ketones (excluding diaryl/α,β-unsaturated/α-hetero) is 1. The van der Waals surface area contributed by atoms with E-state index in [1.165, 1.54) is 0 Å². The summed E-state index contributed by atoms with van der Waals surface area (Å²) in [5, 5.41) is 2.80. The minimum absolute atomic E-state index is 0.0330. The molecular weight excluding hydrogens is 256 g/mol. The van der Waals surface area contributed by atoms with Crippen molar-refractivity contribution < 1.29 is 14.3 Å². The first-order valence-electron chi connectivity index (χ1n) is 6.86. The van der Waals surface area contributed by atoms with Crippen molar-refractivity contribution in [2.24, 2.45) is 0 Å². The lowest BCUT2D eigenvalue weighted by Crippen LogP contribution is -2.47. The quantitative estimate of drug-likeness (QED) is 0.822. The predicted molar refractivity (Wildman–Crippen MR) is 75.9 cm³/mol. The number of carbonyl (C=O) groups excluding carboxylic acids is 2. The lowest BCUT2D eigenvalue weighted by atomic mass is 10.1. The maximum absolute atomic E-state index is 11.5. The first-order chi connectivity index (χ1) is 9.60. The number of hydrogen-bond acceptors (Lipinski definition) is 4. The molecule has 0 spiro atoms. The van der Waals surface area contributed by atoms with Crippen LogP contribution in [-0.4, -0.2) is 42.8 Å². The van der Waals surface area contributed by atoms with E-state index < -0.39 is 0 Å². The van der Waals surface area contributed by atoms with Gasteiger partial charge in [-0.25, -0.2) is 0 Å². The number of rotatable bonds is 5. The summed E-state index contributed by atoms with van der Waals surface area (Å²) in [6.07, 6.45) is 0. The number of ketones is 1. The van der Waals surface area contributed by atoms with Crippen LogP contribution in [0, 0.1) is 0 Å². The van der Waals surface area contributed by atoms with Gasteiger partial charge in [0.15, 0.2) is 5.78 Å². The van der Waals surface area contributed by atoms with E-state index in [0.29, 0.717) is 31.8 Å². The molecule has 2 rings (SSSR count). The monoisotopic (exact) mass is 276 g/mol. The predicted octanol–water partition coefficient (Wildman–Crippen LogP) is 1.22. The molecule has 1 aromatic rings. The number of ether oxygens (including phenoxy) is 1.